The monoisotopic (exact) mass is 228 g/mol. The molecule has 0 aromatic heterocycles. The summed E-state index contributed by atoms with van der Waals surface area (Å²) in [7, 11) is -3.21. The number of aryl methyl sites for hydroxylation is 1. The quantitative estimate of drug-likeness (QED) is 0.763. The van der Waals surface area contributed by atoms with Crippen LogP contribution >= 0.6 is 0 Å². The van der Waals surface area contributed by atoms with Gasteiger partial charge in [0.2, 0.25) is 10.0 Å². The van der Waals surface area contributed by atoms with Gasteiger partial charge in [-0.05, 0) is 31.0 Å². The predicted molar refractivity (Wildman–Crippen MR) is 62.0 cm³/mol. The number of nitrogen functional groups attached to an aromatic ring is 1. The Morgan fingerprint density at radius 3 is 2.47 bits per heavy atom. The lowest BCUT2D eigenvalue weighted by atomic mass is 10.0. The highest BCUT2D eigenvalue weighted by Gasteiger charge is 2.15. The molecule has 0 heterocycles. The maximum Gasteiger partial charge on any atom is 0.209 e. The van der Waals surface area contributed by atoms with Gasteiger partial charge in [0.1, 0.15) is 0 Å². The summed E-state index contributed by atoms with van der Waals surface area (Å²) in [5.74, 6) is 0. The van der Waals surface area contributed by atoms with Gasteiger partial charge in [0, 0.05) is 11.7 Å². The first kappa shape index (κ1) is 12.0. The van der Waals surface area contributed by atoms with Crippen molar-refractivity contribution in [2.24, 2.45) is 0 Å². The van der Waals surface area contributed by atoms with Crippen molar-refractivity contribution in [1.82, 2.24) is 4.72 Å². The zero-order valence-electron chi connectivity index (χ0n) is 9.11. The first-order chi connectivity index (χ1) is 6.81. The largest absolute Gasteiger partial charge is 0.398 e. The maximum absolute atomic E-state index is 11.1. The summed E-state index contributed by atoms with van der Waals surface area (Å²) in [5.41, 5.74) is 8.24. The summed E-state index contributed by atoms with van der Waals surface area (Å²) < 4.78 is 24.7. The van der Waals surface area contributed by atoms with E-state index in [9.17, 15) is 8.42 Å². The molecule has 0 aliphatic heterocycles. The van der Waals surface area contributed by atoms with E-state index in [4.69, 9.17) is 5.73 Å². The molecule has 84 valence electrons. The first-order valence-electron chi connectivity index (χ1n) is 4.63. The SMILES string of the molecule is Cc1cccc(N)c1C(C)NS(C)(=O)=O. The van der Waals surface area contributed by atoms with E-state index in [0.29, 0.717) is 5.69 Å². The molecule has 0 bridgehead atoms. The van der Waals surface area contributed by atoms with E-state index in [1.54, 1.807) is 13.0 Å². The van der Waals surface area contributed by atoms with Crippen LogP contribution in [0.2, 0.25) is 0 Å². The molecule has 0 spiro atoms. The molecule has 3 N–H and O–H groups in total. The maximum atomic E-state index is 11.1. The number of nitrogens with one attached hydrogen (secondary N) is 1. The molecule has 1 rings (SSSR count). The third-order valence-electron chi connectivity index (χ3n) is 2.18. The Morgan fingerprint density at radius 1 is 1.40 bits per heavy atom. The molecular formula is C10H16N2O2S. The average molecular weight is 228 g/mol. The van der Waals surface area contributed by atoms with Gasteiger partial charge in [0.05, 0.1) is 6.26 Å². The fourth-order valence-corrected chi connectivity index (χ4v) is 2.43. The molecule has 15 heavy (non-hydrogen) atoms. The van der Waals surface area contributed by atoms with E-state index in [2.05, 4.69) is 4.72 Å². The number of hydrogen-bond donors (Lipinski definition) is 2. The lowest BCUT2D eigenvalue weighted by molar-refractivity contribution is 0.573. The van der Waals surface area contributed by atoms with Crippen LogP contribution < -0.4 is 10.5 Å². The fourth-order valence-electron chi connectivity index (χ4n) is 1.67. The van der Waals surface area contributed by atoms with Gasteiger partial charge in [0.25, 0.3) is 0 Å². The molecule has 1 aromatic rings. The van der Waals surface area contributed by atoms with Gasteiger partial charge in [-0.25, -0.2) is 13.1 Å². The topological polar surface area (TPSA) is 72.2 Å². The molecule has 4 nitrogen and oxygen atoms in total. The first-order valence-corrected chi connectivity index (χ1v) is 6.52. The van der Waals surface area contributed by atoms with Gasteiger partial charge in [-0.2, -0.15) is 0 Å². The summed E-state index contributed by atoms with van der Waals surface area (Å²) in [4.78, 5) is 0. The third kappa shape index (κ3) is 3.21. The van der Waals surface area contributed by atoms with Crippen LogP contribution in [0.4, 0.5) is 5.69 Å². The van der Waals surface area contributed by atoms with Crippen LogP contribution in [0.1, 0.15) is 24.1 Å². The molecule has 1 unspecified atom stereocenters. The van der Waals surface area contributed by atoms with Crippen molar-refractivity contribution in [3.63, 3.8) is 0 Å². The number of benzene rings is 1. The van der Waals surface area contributed by atoms with Gasteiger partial charge < -0.3 is 5.73 Å². The molecule has 0 saturated carbocycles. The van der Waals surface area contributed by atoms with E-state index in [-0.39, 0.29) is 6.04 Å². The minimum Gasteiger partial charge on any atom is -0.398 e. The third-order valence-corrected chi connectivity index (χ3v) is 2.96. The highest BCUT2D eigenvalue weighted by Crippen LogP contribution is 2.24. The highest BCUT2D eigenvalue weighted by atomic mass is 32.2. The van der Waals surface area contributed by atoms with Crippen molar-refractivity contribution < 1.29 is 8.42 Å². The molecule has 1 aromatic carbocycles. The van der Waals surface area contributed by atoms with E-state index in [1.807, 2.05) is 19.1 Å². The van der Waals surface area contributed by atoms with Gasteiger partial charge in [0.15, 0.2) is 0 Å². The standard InChI is InChI=1S/C10H16N2O2S/c1-7-5-4-6-9(11)10(7)8(2)12-15(3,13)14/h4-6,8,12H,11H2,1-3H3. The van der Waals surface area contributed by atoms with Crippen LogP contribution in [0.15, 0.2) is 18.2 Å². The Balaban J connectivity index is 3.06. The zero-order valence-corrected chi connectivity index (χ0v) is 9.93. The Morgan fingerprint density at radius 2 is 2.00 bits per heavy atom. The van der Waals surface area contributed by atoms with Crippen LogP contribution in [0, 0.1) is 6.92 Å². The molecule has 0 amide bonds. The molecule has 0 aliphatic rings. The van der Waals surface area contributed by atoms with Crippen molar-refractivity contribution in [3.8, 4) is 0 Å². The van der Waals surface area contributed by atoms with E-state index in [0.717, 1.165) is 17.4 Å². The molecule has 0 saturated heterocycles. The van der Waals surface area contributed by atoms with Gasteiger partial charge in [-0.1, -0.05) is 12.1 Å². The van der Waals surface area contributed by atoms with Crippen LogP contribution in [0.25, 0.3) is 0 Å². The highest BCUT2D eigenvalue weighted by molar-refractivity contribution is 7.88. The fraction of sp³-hybridized carbons (Fsp3) is 0.400. The second kappa shape index (κ2) is 4.20. The van der Waals surface area contributed by atoms with E-state index < -0.39 is 10.0 Å². The summed E-state index contributed by atoms with van der Waals surface area (Å²) in [5, 5.41) is 0. The van der Waals surface area contributed by atoms with E-state index >= 15 is 0 Å². The van der Waals surface area contributed by atoms with Crippen LogP contribution in [-0.4, -0.2) is 14.7 Å². The Bertz CT molecular complexity index is 434. The molecule has 0 fully saturated rings. The van der Waals surface area contributed by atoms with Gasteiger partial charge in [-0.15, -0.1) is 0 Å². The lowest BCUT2D eigenvalue weighted by Gasteiger charge is -2.17. The normalized spacial score (nSPS) is 13.8. The smallest absolute Gasteiger partial charge is 0.209 e. The van der Waals surface area contributed by atoms with Crippen LogP contribution in [0.5, 0.6) is 0 Å². The van der Waals surface area contributed by atoms with Crippen molar-refractivity contribution in [1.29, 1.82) is 0 Å². The molecule has 1 atom stereocenters. The summed E-state index contributed by atoms with van der Waals surface area (Å²) in [6.45, 7) is 3.69. The number of rotatable bonds is 3. The minimum absolute atomic E-state index is 0.304. The Hall–Kier alpha value is -1.07. The molecule has 0 radical (unpaired) electrons. The van der Waals surface area contributed by atoms with Crippen molar-refractivity contribution in [3.05, 3.63) is 29.3 Å². The number of nitrogens with two attached hydrogens (primary N) is 1. The molecular weight excluding hydrogens is 212 g/mol. The number of hydrogen-bond acceptors (Lipinski definition) is 3. The van der Waals surface area contributed by atoms with E-state index in [1.165, 1.54) is 0 Å². The lowest BCUT2D eigenvalue weighted by Crippen LogP contribution is -2.26. The van der Waals surface area contributed by atoms with Gasteiger partial charge in [-0.3, -0.25) is 0 Å². The Kier molecular flexibility index (Phi) is 3.36. The molecule has 0 aliphatic carbocycles. The average Bonchev–Trinajstić information content (AvgIpc) is 1.99. The summed E-state index contributed by atoms with van der Waals surface area (Å²) >= 11 is 0. The second-order valence-corrected chi connectivity index (χ2v) is 5.47. The van der Waals surface area contributed by atoms with Gasteiger partial charge >= 0.3 is 0 Å². The number of anilines is 1. The van der Waals surface area contributed by atoms with Crippen LogP contribution in [-0.2, 0) is 10.0 Å². The summed E-state index contributed by atoms with van der Waals surface area (Å²) in [6.07, 6.45) is 1.14. The van der Waals surface area contributed by atoms with Crippen molar-refractivity contribution in [2.45, 2.75) is 19.9 Å². The predicted octanol–water partition coefficient (Wildman–Crippen LogP) is 1.19. The Labute approximate surface area is 90.5 Å². The van der Waals surface area contributed by atoms with Crippen molar-refractivity contribution >= 4 is 15.7 Å². The van der Waals surface area contributed by atoms with Crippen molar-refractivity contribution in [2.75, 3.05) is 12.0 Å². The number of sulfonamides is 1. The zero-order chi connectivity index (χ0) is 11.6. The van der Waals surface area contributed by atoms with Crippen LogP contribution in [0.3, 0.4) is 0 Å². The molecule has 5 heteroatoms. The summed E-state index contributed by atoms with van der Waals surface area (Å²) in [6, 6.07) is 5.22. The minimum atomic E-state index is -3.21. The second-order valence-electron chi connectivity index (χ2n) is 3.69.